The largest absolute Gasteiger partial charge is 0.339 e. The summed E-state index contributed by atoms with van der Waals surface area (Å²) in [5.74, 6) is -0.499. The van der Waals surface area contributed by atoms with Gasteiger partial charge in [-0.25, -0.2) is 4.39 Å². The van der Waals surface area contributed by atoms with Gasteiger partial charge < -0.3 is 9.84 Å². The molecule has 0 atom stereocenters. The highest BCUT2D eigenvalue weighted by Gasteiger charge is 2.17. The van der Waals surface area contributed by atoms with Gasteiger partial charge in [0.2, 0.25) is 17.6 Å². The second kappa shape index (κ2) is 9.53. The molecular weight excluding hydrogens is 433 g/mol. The summed E-state index contributed by atoms with van der Waals surface area (Å²) in [6.07, 6.45) is 0.232. The van der Waals surface area contributed by atoms with Gasteiger partial charge in [-0.15, -0.1) is 0 Å². The lowest BCUT2D eigenvalue weighted by molar-refractivity contribution is -0.116. The van der Waals surface area contributed by atoms with Crippen molar-refractivity contribution in [2.75, 3.05) is 5.32 Å². The van der Waals surface area contributed by atoms with E-state index in [1.807, 2.05) is 6.07 Å². The summed E-state index contributed by atoms with van der Waals surface area (Å²) in [5, 5.41) is 6.96. The predicted molar refractivity (Wildman–Crippen MR) is 118 cm³/mol. The SMILES string of the molecule is O=C(CCc1nc(-c2cccc(F)c2)no1)Nc1ccc(Cl)cc1C(=O)c1ccccc1. The van der Waals surface area contributed by atoms with Crippen molar-refractivity contribution in [1.82, 2.24) is 10.1 Å². The van der Waals surface area contributed by atoms with Gasteiger partial charge in [0.25, 0.3) is 0 Å². The van der Waals surface area contributed by atoms with Crippen molar-refractivity contribution in [3.8, 4) is 11.4 Å². The van der Waals surface area contributed by atoms with Crippen LogP contribution in [0.3, 0.4) is 0 Å². The molecule has 0 spiro atoms. The summed E-state index contributed by atoms with van der Waals surface area (Å²) in [6.45, 7) is 0. The lowest BCUT2D eigenvalue weighted by Gasteiger charge is -2.11. The molecule has 0 radical (unpaired) electrons. The molecule has 6 nitrogen and oxygen atoms in total. The van der Waals surface area contributed by atoms with Crippen LogP contribution in [0.2, 0.25) is 5.02 Å². The molecule has 0 aliphatic rings. The molecule has 0 bridgehead atoms. The quantitative estimate of drug-likeness (QED) is 0.385. The number of carbonyl (C=O) groups excluding carboxylic acids is 2. The number of benzene rings is 3. The van der Waals surface area contributed by atoms with Gasteiger partial charge in [0.05, 0.1) is 5.69 Å². The number of anilines is 1. The van der Waals surface area contributed by atoms with Gasteiger partial charge in [-0.2, -0.15) is 4.98 Å². The normalized spacial score (nSPS) is 10.7. The molecule has 160 valence electrons. The van der Waals surface area contributed by atoms with Crippen LogP contribution in [0.5, 0.6) is 0 Å². The Labute approximate surface area is 188 Å². The minimum atomic E-state index is -0.406. The standard InChI is InChI=1S/C24H17ClFN3O3/c25-17-9-10-20(19(14-17)23(31)15-5-2-1-3-6-15)27-21(30)11-12-22-28-24(29-32-22)16-7-4-8-18(26)13-16/h1-10,13-14H,11-12H2,(H,27,30). The van der Waals surface area contributed by atoms with Crippen molar-refractivity contribution in [2.45, 2.75) is 12.8 Å². The van der Waals surface area contributed by atoms with Gasteiger partial charge in [-0.3, -0.25) is 9.59 Å². The molecule has 0 aliphatic heterocycles. The summed E-state index contributed by atoms with van der Waals surface area (Å²) in [7, 11) is 0. The fourth-order valence-electron chi connectivity index (χ4n) is 3.09. The van der Waals surface area contributed by atoms with Crippen molar-refractivity contribution < 1.29 is 18.5 Å². The molecule has 8 heteroatoms. The van der Waals surface area contributed by atoms with Crippen LogP contribution in [0, 0.1) is 5.82 Å². The third kappa shape index (κ3) is 5.07. The smallest absolute Gasteiger partial charge is 0.227 e. The van der Waals surface area contributed by atoms with E-state index < -0.39 is 5.82 Å². The van der Waals surface area contributed by atoms with E-state index in [1.165, 1.54) is 18.2 Å². The number of carbonyl (C=O) groups is 2. The Bertz CT molecular complexity index is 1270. The molecule has 0 aliphatic carbocycles. The minimum absolute atomic E-state index is 0.0480. The summed E-state index contributed by atoms with van der Waals surface area (Å²) in [6, 6.07) is 19.3. The summed E-state index contributed by atoms with van der Waals surface area (Å²) >= 11 is 6.07. The fraction of sp³-hybridized carbons (Fsp3) is 0.0833. The van der Waals surface area contributed by atoms with E-state index in [-0.39, 0.29) is 36.2 Å². The molecule has 3 aromatic carbocycles. The van der Waals surface area contributed by atoms with Crippen molar-refractivity contribution in [1.29, 1.82) is 0 Å². The van der Waals surface area contributed by atoms with Crippen LogP contribution in [-0.4, -0.2) is 21.8 Å². The lowest BCUT2D eigenvalue weighted by atomic mass is 10.0. The number of ketones is 1. The highest BCUT2D eigenvalue weighted by molar-refractivity contribution is 6.31. The Morgan fingerprint density at radius 3 is 2.59 bits per heavy atom. The van der Waals surface area contributed by atoms with Crippen molar-refractivity contribution >= 4 is 29.0 Å². The number of nitrogens with one attached hydrogen (secondary N) is 1. The van der Waals surface area contributed by atoms with Gasteiger partial charge in [0.1, 0.15) is 5.82 Å². The maximum atomic E-state index is 13.4. The molecule has 4 rings (SSSR count). The highest BCUT2D eigenvalue weighted by atomic mass is 35.5. The van der Waals surface area contributed by atoms with Crippen molar-refractivity contribution in [3.63, 3.8) is 0 Å². The molecule has 0 unspecified atom stereocenters. The van der Waals surface area contributed by atoms with Gasteiger partial charge in [0, 0.05) is 34.6 Å². The van der Waals surface area contributed by atoms with E-state index in [4.69, 9.17) is 16.1 Å². The third-order valence-electron chi connectivity index (χ3n) is 4.65. The number of halogens is 2. The van der Waals surface area contributed by atoms with Gasteiger partial charge >= 0.3 is 0 Å². The highest BCUT2D eigenvalue weighted by Crippen LogP contribution is 2.24. The Hall–Kier alpha value is -3.84. The number of aromatic nitrogens is 2. The van der Waals surface area contributed by atoms with Crippen LogP contribution in [0.1, 0.15) is 28.2 Å². The molecule has 32 heavy (non-hydrogen) atoms. The van der Waals surface area contributed by atoms with E-state index in [2.05, 4.69) is 15.5 Å². The monoisotopic (exact) mass is 449 g/mol. The Morgan fingerprint density at radius 2 is 1.81 bits per heavy atom. The summed E-state index contributed by atoms with van der Waals surface area (Å²) < 4.78 is 18.5. The molecular formula is C24H17ClFN3O3. The number of aryl methyl sites for hydroxylation is 1. The van der Waals surface area contributed by atoms with E-state index in [1.54, 1.807) is 48.5 Å². The maximum absolute atomic E-state index is 13.4. The first kappa shape index (κ1) is 21.4. The van der Waals surface area contributed by atoms with E-state index in [0.29, 0.717) is 27.4 Å². The van der Waals surface area contributed by atoms with Gasteiger partial charge in [0.15, 0.2) is 5.78 Å². The first-order valence-corrected chi connectivity index (χ1v) is 10.1. The second-order valence-corrected chi connectivity index (χ2v) is 7.39. The molecule has 0 fully saturated rings. The maximum Gasteiger partial charge on any atom is 0.227 e. The van der Waals surface area contributed by atoms with Crippen LogP contribution in [-0.2, 0) is 11.2 Å². The fourth-order valence-corrected chi connectivity index (χ4v) is 3.26. The molecule has 0 saturated carbocycles. The zero-order valence-corrected chi connectivity index (χ0v) is 17.5. The van der Waals surface area contributed by atoms with E-state index >= 15 is 0 Å². The predicted octanol–water partition coefficient (Wildman–Crippen LogP) is 5.33. The number of hydrogen-bond donors (Lipinski definition) is 1. The number of nitrogens with zero attached hydrogens (tertiary/aromatic N) is 2. The molecule has 1 N–H and O–H groups in total. The number of rotatable bonds is 7. The second-order valence-electron chi connectivity index (χ2n) is 6.96. The Morgan fingerprint density at radius 1 is 1.00 bits per heavy atom. The van der Waals surface area contributed by atoms with Gasteiger partial charge in [-0.05, 0) is 30.3 Å². The molecule has 1 heterocycles. The average molecular weight is 450 g/mol. The molecule has 1 aromatic heterocycles. The Balaban J connectivity index is 1.43. The van der Waals surface area contributed by atoms with Gasteiger partial charge in [-0.1, -0.05) is 59.2 Å². The minimum Gasteiger partial charge on any atom is -0.339 e. The first-order valence-electron chi connectivity index (χ1n) is 9.77. The molecule has 4 aromatic rings. The topological polar surface area (TPSA) is 85.1 Å². The van der Waals surface area contributed by atoms with E-state index in [0.717, 1.165) is 0 Å². The average Bonchev–Trinajstić information content (AvgIpc) is 3.28. The first-order chi connectivity index (χ1) is 15.5. The van der Waals surface area contributed by atoms with Crippen molar-refractivity contribution in [2.24, 2.45) is 0 Å². The number of amides is 1. The van der Waals surface area contributed by atoms with E-state index in [9.17, 15) is 14.0 Å². The summed E-state index contributed by atoms with van der Waals surface area (Å²) in [4.78, 5) is 29.6. The molecule has 1 amide bonds. The zero-order valence-electron chi connectivity index (χ0n) is 16.7. The van der Waals surface area contributed by atoms with Crippen LogP contribution < -0.4 is 5.32 Å². The number of hydrogen-bond acceptors (Lipinski definition) is 5. The van der Waals surface area contributed by atoms with Crippen LogP contribution >= 0.6 is 11.6 Å². The van der Waals surface area contributed by atoms with Crippen LogP contribution in [0.15, 0.2) is 77.3 Å². The lowest BCUT2D eigenvalue weighted by Crippen LogP contribution is -2.15. The molecule has 0 saturated heterocycles. The Kier molecular flexibility index (Phi) is 6.37. The summed E-state index contributed by atoms with van der Waals surface area (Å²) in [5.41, 5.74) is 1.62. The van der Waals surface area contributed by atoms with Crippen molar-refractivity contribution in [3.05, 3.63) is 101 Å². The zero-order chi connectivity index (χ0) is 22.5. The van der Waals surface area contributed by atoms with Crippen LogP contribution in [0.4, 0.5) is 10.1 Å². The van der Waals surface area contributed by atoms with Crippen LogP contribution in [0.25, 0.3) is 11.4 Å². The third-order valence-corrected chi connectivity index (χ3v) is 4.89.